The zero-order valence-electron chi connectivity index (χ0n) is 18.8. The molecule has 7 nitrogen and oxygen atoms in total. The molecule has 0 bridgehead atoms. The van der Waals surface area contributed by atoms with E-state index < -0.39 is 16.6 Å². The molecule has 1 spiro atoms. The van der Waals surface area contributed by atoms with Gasteiger partial charge in [0, 0.05) is 17.2 Å². The molecule has 0 radical (unpaired) electrons. The fraction of sp³-hybridized carbons (Fsp3) is 0.400. The molecule has 2 aromatic rings. The summed E-state index contributed by atoms with van der Waals surface area (Å²) in [7, 11) is 0. The summed E-state index contributed by atoms with van der Waals surface area (Å²) in [5, 5.41) is 10.2. The second kappa shape index (κ2) is 6.26. The summed E-state index contributed by atoms with van der Waals surface area (Å²) in [6.07, 6.45) is 1.50. The maximum Gasteiger partial charge on any atom is 0.344 e. The van der Waals surface area contributed by atoms with Crippen LogP contribution in [0.15, 0.2) is 38.9 Å². The molecule has 1 aromatic heterocycles. The van der Waals surface area contributed by atoms with Crippen molar-refractivity contribution >= 4 is 11.6 Å². The van der Waals surface area contributed by atoms with Crippen LogP contribution in [-0.2, 0) is 16.6 Å². The Hall–Kier alpha value is -3.53. The van der Waals surface area contributed by atoms with Gasteiger partial charge in [-0.25, -0.2) is 4.79 Å². The predicted molar refractivity (Wildman–Crippen MR) is 118 cm³/mol. The molecule has 2 unspecified atom stereocenters. The molecular weight excluding hydrogens is 406 g/mol. The number of hydrogen-bond acceptors (Lipinski definition) is 6. The van der Waals surface area contributed by atoms with Crippen LogP contribution in [0.25, 0.3) is 0 Å². The Morgan fingerprint density at radius 3 is 2.66 bits per heavy atom. The summed E-state index contributed by atoms with van der Waals surface area (Å²) in [6.45, 7) is 9.84. The topological polar surface area (TPSA) is 110 Å². The maximum atomic E-state index is 14.4. The highest BCUT2D eigenvalue weighted by Gasteiger charge is 2.64. The van der Waals surface area contributed by atoms with Crippen molar-refractivity contribution in [3.05, 3.63) is 68.1 Å². The minimum Gasteiger partial charge on any atom is -0.440 e. The molecule has 3 aliphatic rings. The Labute approximate surface area is 186 Å². The van der Waals surface area contributed by atoms with Crippen LogP contribution in [0.1, 0.15) is 68.0 Å². The summed E-state index contributed by atoms with van der Waals surface area (Å²) < 4.78 is 11.1. The Morgan fingerprint density at radius 1 is 1.28 bits per heavy atom. The number of nitrogens with two attached hydrogens (primary N) is 1. The average molecular weight is 431 g/mol. The van der Waals surface area contributed by atoms with Gasteiger partial charge in [0.2, 0.25) is 11.8 Å². The molecule has 2 atom stereocenters. The fourth-order valence-corrected chi connectivity index (χ4v) is 5.85. The van der Waals surface area contributed by atoms with Gasteiger partial charge in [-0.3, -0.25) is 4.79 Å². The number of carbonyl (C=O) groups is 1. The Morgan fingerprint density at radius 2 is 2.00 bits per heavy atom. The zero-order valence-corrected chi connectivity index (χ0v) is 18.8. The second-order valence-electron chi connectivity index (χ2n) is 9.58. The molecule has 2 N–H and O–H groups in total. The van der Waals surface area contributed by atoms with Gasteiger partial charge in [0.05, 0.1) is 5.69 Å². The molecule has 164 valence electrons. The van der Waals surface area contributed by atoms with Crippen molar-refractivity contribution in [3.63, 3.8) is 0 Å². The third-order valence-electron chi connectivity index (χ3n) is 7.07. The third-order valence-corrected chi connectivity index (χ3v) is 7.07. The van der Waals surface area contributed by atoms with Gasteiger partial charge < -0.3 is 19.8 Å². The van der Waals surface area contributed by atoms with Crippen LogP contribution >= 0.6 is 0 Å². The van der Waals surface area contributed by atoms with Crippen LogP contribution in [-0.4, -0.2) is 11.4 Å². The van der Waals surface area contributed by atoms with Crippen LogP contribution in [0.4, 0.5) is 5.69 Å². The minimum absolute atomic E-state index is 0.0205. The number of fused-ring (bicyclic) bond motifs is 3. The van der Waals surface area contributed by atoms with Crippen molar-refractivity contribution in [2.45, 2.75) is 64.3 Å². The van der Waals surface area contributed by atoms with Crippen LogP contribution in [0.3, 0.4) is 0 Å². The first-order valence-corrected chi connectivity index (χ1v) is 10.8. The number of nitrogens with zero attached hydrogens (tertiary/aromatic N) is 2. The quantitative estimate of drug-likeness (QED) is 0.740. The molecule has 1 amide bonds. The van der Waals surface area contributed by atoms with Crippen molar-refractivity contribution in [1.29, 1.82) is 5.26 Å². The number of ether oxygens (including phenoxy) is 1. The van der Waals surface area contributed by atoms with E-state index >= 15 is 0 Å². The van der Waals surface area contributed by atoms with Gasteiger partial charge in [-0.1, -0.05) is 26.0 Å². The van der Waals surface area contributed by atoms with Crippen molar-refractivity contribution in [3.8, 4) is 11.8 Å². The van der Waals surface area contributed by atoms with Gasteiger partial charge in [-0.05, 0) is 50.7 Å². The normalized spacial score (nSPS) is 24.8. The van der Waals surface area contributed by atoms with E-state index in [1.54, 1.807) is 17.9 Å². The lowest BCUT2D eigenvalue weighted by atomic mass is 9.68. The van der Waals surface area contributed by atoms with Crippen LogP contribution in [0.2, 0.25) is 0 Å². The lowest BCUT2D eigenvalue weighted by Gasteiger charge is -2.44. The van der Waals surface area contributed by atoms with Crippen molar-refractivity contribution in [2.75, 3.05) is 4.90 Å². The van der Waals surface area contributed by atoms with Crippen molar-refractivity contribution in [2.24, 2.45) is 5.73 Å². The van der Waals surface area contributed by atoms with Crippen LogP contribution in [0.5, 0.6) is 5.75 Å². The number of anilines is 1. The SMILES string of the molecule is CCc1cc2c3c(c1)C1(C(=O)N3C(C)(C)CC2C)C(C#N)=C(N)Oc2cc(C)oc(=O)c21. The largest absolute Gasteiger partial charge is 0.440 e. The van der Waals surface area contributed by atoms with E-state index in [0.717, 1.165) is 29.7 Å². The van der Waals surface area contributed by atoms with Crippen molar-refractivity contribution < 1.29 is 13.9 Å². The third kappa shape index (κ3) is 2.24. The molecular formula is C25H25N3O4. The monoisotopic (exact) mass is 431 g/mol. The lowest BCUT2D eigenvalue weighted by Crippen LogP contribution is -2.55. The number of benzene rings is 1. The number of rotatable bonds is 1. The molecule has 7 heteroatoms. The lowest BCUT2D eigenvalue weighted by molar-refractivity contribution is -0.122. The highest BCUT2D eigenvalue weighted by Crippen LogP contribution is 2.60. The molecule has 5 rings (SSSR count). The molecule has 1 aromatic carbocycles. The summed E-state index contributed by atoms with van der Waals surface area (Å²) in [5.74, 6) is 0.162. The van der Waals surface area contributed by atoms with Gasteiger partial charge >= 0.3 is 5.63 Å². The van der Waals surface area contributed by atoms with Gasteiger partial charge in [0.1, 0.15) is 28.7 Å². The summed E-state index contributed by atoms with van der Waals surface area (Å²) >= 11 is 0. The van der Waals surface area contributed by atoms with Crippen molar-refractivity contribution in [1.82, 2.24) is 0 Å². The molecule has 3 aliphatic heterocycles. The number of hydrogen-bond donors (Lipinski definition) is 1. The second-order valence-corrected chi connectivity index (χ2v) is 9.58. The molecule has 0 aliphatic carbocycles. The van der Waals surface area contributed by atoms with E-state index in [1.165, 1.54) is 0 Å². The minimum atomic E-state index is -1.70. The molecule has 4 heterocycles. The van der Waals surface area contributed by atoms with E-state index in [1.807, 2.05) is 26.8 Å². The van der Waals surface area contributed by atoms with Crippen LogP contribution in [0, 0.1) is 18.3 Å². The fourth-order valence-electron chi connectivity index (χ4n) is 5.85. The van der Waals surface area contributed by atoms with E-state index in [4.69, 9.17) is 14.9 Å². The smallest absolute Gasteiger partial charge is 0.344 e. The first-order valence-electron chi connectivity index (χ1n) is 10.8. The highest BCUT2D eigenvalue weighted by molar-refractivity contribution is 6.16. The summed E-state index contributed by atoms with van der Waals surface area (Å²) in [5.41, 5.74) is 6.70. The molecule has 32 heavy (non-hydrogen) atoms. The Bertz CT molecular complexity index is 1340. The summed E-state index contributed by atoms with van der Waals surface area (Å²) in [4.78, 5) is 29.5. The average Bonchev–Trinajstić information content (AvgIpc) is 2.95. The first-order chi connectivity index (χ1) is 15.1. The summed E-state index contributed by atoms with van der Waals surface area (Å²) in [6, 6.07) is 7.72. The molecule has 0 saturated heterocycles. The van der Waals surface area contributed by atoms with Crippen LogP contribution < -0.4 is 21.0 Å². The van der Waals surface area contributed by atoms with Gasteiger partial charge in [-0.15, -0.1) is 0 Å². The van der Waals surface area contributed by atoms with Gasteiger partial charge in [-0.2, -0.15) is 5.26 Å². The Balaban J connectivity index is 2.02. The number of amides is 1. The van der Waals surface area contributed by atoms with Gasteiger partial charge in [0.15, 0.2) is 5.41 Å². The molecule has 0 fully saturated rings. The standard InChI is InChI=1S/C25H25N3O4/c1-6-14-8-15-12(2)10-24(4,5)28-20(15)16(9-14)25(23(28)30)17(11-26)21(27)32-18-7-13(3)31-22(29)19(18)25/h7-9,12H,6,10,27H2,1-5H3. The number of carbonyl (C=O) groups excluding carboxylic acids is 1. The zero-order chi connectivity index (χ0) is 23.2. The number of aryl methyl sites for hydroxylation is 2. The van der Waals surface area contributed by atoms with Gasteiger partial charge in [0.25, 0.3) is 0 Å². The van der Waals surface area contributed by atoms with E-state index in [2.05, 4.69) is 19.1 Å². The number of nitriles is 1. The predicted octanol–water partition coefficient (Wildman–Crippen LogP) is 3.52. The van der Waals surface area contributed by atoms with E-state index in [9.17, 15) is 14.9 Å². The van der Waals surface area contributed by atoms with E-state index in [-0.39, 0.29) is 34.6 Å². The Kier molecular flexibility index (Phi) is 3.98. The highest BCUT2D eigenvalue weighted by atomic mass is 16.5. The van der Waals surface area contributed by atoms with E-state index in [0.29, 0.717) is 11.3 Å². The maximum absolute atomic E-state index is 14.4. The molecule has 0 saturated carbocycles. The first kappa shape index (κ1) is 20.4.